The lowest BCUT2D eigenvalue weighted by atomic mass is 9.77. The fraction of sp³-hybridized carbons (Fsp3) is 0.273. The fourth-order valence-electron chi connectivity index (χ4n) is 4.02. The topological polar surface area (TPSA) is 37.4 Å². The second-order valence-electron chi connectivity index (χ2n) is 7.13. The molecule has 0 saturated heterocycles. The van der Waals surface area contributed by atoms with Gasteiger partial charge in [-0.25, -0.2) is 8.78 Å². The standard InChI is InChI=1S/C22H19F2NO2/c1-13-5-7-14(8-6-13)16-12-21(27)25(18-10-9-15(23)11-17(18)24)19-3-2-4-20(26)22(16)19/h5-11,16H,2-4,12H2,1H3/t16-/m1/s1. The number of rotatable bonds is 2. The van der Waals surface area contributed by atoms with Crippen molar-refractivity contribution in [3.63, 3.8) is 0 Å². The molecule has 3 nitrogen and oxygen atoms in total. The Morgan fingerprint density at radius 1 is 1.00 bits per heavy atom. The Morgan fingerprint density at radius 2 is 1.74 bits per heavy atom. The summed E-state index contributed by atoms with van der Waals surface area (Å²) in [5.74, 6) is -2.10. The highest BCUT2D eigenvalue weighted by Crippen LogP contribution is 2.43. The number of allylic oxidation sites excluding steroid dienone is 2. The first-order valence-corrected chi connectivity index (χ1v) is 9.06. The van der Waals surface area contributed by atoms with Crippen LogP contribution in [-0.2, 0) is 9.59 Å². The van der Waals surface area contributed by atoms with Crippen molar-refractivity contribution >= 4 is 17.4 Å². The van der Waals surface area contributed by atoms with Gasteiger partial charge in [0.1, 0.15) is 11.6 Å². The maximum absolute atomic E-state index is 14.4. The number of anilines is 1. The van der Waals surface area contributed by atoms with Crippen LogP contribution in [0.4, 0.5) is 14.5 Å². The minimum atomic E-state index is -0.804. The van der Waals surface area contributed by atoms with Gasteiger partial charge in [-0.2, -0.15) is 0 Å². The largest absolute Gasteiger partial charge is 0.294 e. The molecule has 0 saturated carbocycles. The third kappa shape index (κ3) is 3.07. The second-order valence-corrected chi connectivity index (χ2v) is 7.13. The van der Waals surface area contributed by atoms with E-state index in [2.05, 4.69) is 0 Å². The van der Waals surface area contributed by atoms with Crippen molar-refractivity contribution in [2.45, 2.75) is 38.5 Å². The number of aryl methyl sites for hydroxylation is 1. The lowest BCUT2D eigenvalue weighted by Crippen LogP contribution is -2.41. The zero-order valence-electron chi connectivity index (χ0n) is 15.0. The molecule has 0 fully saturated rings. The molecule has 0 aromatic heterocycles. The molecular formula is C22H19F2NO2. The first-order valence-electron chi connectivity index (χ1n) is 9.06. The molecule has 1 heterocycles. The Bertz CT molecular complexity index is 963. The Labute approximate surface area is 156 Å². The monoisotopic (exact) mass is 367 g/mol. The van der Waals surface area contributed by atoms with Gasteiger partial charge in [0.05, 0.1) is 5.69 Å². The number of nitrogens with zero attached hydrogens (tertiary/aromatic N) is 1. The zero-order chi connectivity index (χ0) is 19.1. The van der Waals surface area contributed by atoms with Gasteiger partial charge in [-0.05, 0) is 37.5 Å². The summed E-state index contributed by atoms with van der Waals surface area (Å²) >= 11 is 0. The average molecular weight is 367 g/mol. The smallest absolute Gasteiger partial charge is 0.232 e. The van der Waals surface area contributed by atoms with Crippen molar-refractivity contribution < 1.29 is 18.4 Å². The molecule has 0 bridgehead atoms. The molecule has 0 N–H and O–H groups in total. The van der Waals surface area contributed by atoms with Crippen LogP contribution in [0.1, 0.15) is 42.7 Å². The highest BCUT2D eigenvalue weighted by Gasteiger charge is 2.40. The summed E-state index contributed by atoms with van der Waals surface area (Å²) in [4.78, 5) is 27.0. The lowest BCUT2D eigenvalue weighted by molar-refractivity contribution is -0.120. The predicted octanol–water partition coefficient (Wildman–Crippen LogP) is 4.80. The third-order valence-electron chi connectivity index (χ3n) is 5.31. The Balaban J connectivity index is 1.87. The highest BCUT2D eigenvalue weighted by molar-refractivity contribution is 6.07. The minimum absolute atomic E-state index is 0.00171. The van der Waals surface area contributed by atoms with E-state index >= 15 is 0 Å². The van der Waals surface area contributed by atoms with E-state index in [-0.39, 0.29) is 29.7 Å². The molecule has 2 aliphatic rings. The molecule has 5 heteroatoms. The van der Waals surface area contributed by atoms with Crippen LogP contribution in [0.5, 0.6) is 0 Å². The number of benzene rings is 2. The number of ketones is 1. The molecule has 27 heavy (non-hydrogen) atoms. The Morgan fingerprint density at radius 3 is 2.44 bits per heavy atom. The summed E-state index contributed by atoms with van der Waals surface area (Å²) in [6.07, 6.45) is 1.65. The van der Waals surface area contributed by atoms with Crippen LogP contribution in [0.25, 0.3) is 0 Å². The van der Waals surface area contributed by atoms with E-state index in [1.165, 1.54) is 11.0 Å². The number of carbonyl (C=O) groups is 2. The second kappa shape index (κ2) is 6.72. The molecule has 1 amide bonds. The van der Waals surface area contributed by atoms with Crippen LogP contribution in [0, 0.1) is 18.6 Å². The number of Topliss-reactive ketones (excluding diaryl/α,β-unsaturated/α-hetero) is 1. The maximum Gasteiger partial charge on any atom is 0.232 e. The van der Waals surface area contributed by atoms with Gasteiger partial charge in [-0.15, -0.1) is 0 Å². The molecule has 2 aromatic rings. The van der Waals surface area contributed by atoms with Crippen molar-refractivity contribution in [2.24, 2.45) is 0 Å². The molecule has 1 atom stereocenters. The van der Waals surface area contributed by atoms with Crippen molar-refractivity contribution in [3.05, 3.63) is 76.5 Å². The van der Waals surface area contributed by atoms with E-state index in [4.69, 9.17) is 0 Å². The van der Waals surface area contributed by atoms with Gasteiger partial charge in [0.15, 0.2) is 5.78 Å². The molecule has 1 aliphatic carbocycles. The minimum Gasteiger partial charge on any atom is -0.294 e. The number of halogens is 2. The van der Waals surface area contributed by atoms with Gasteiger partial charge in [-0.1, -0.05) is 29.8 Å². The summed E-state index contributed by atoms with van der Waals surface area (Å²) in [6.45, 7) is 1.98. The van der Waals surface area contributed by atoms with E-state index in [9.17, 15) is 18.4 Å². The normalized spacial score (nSPS) is 20.1. The van der Waals surface area contributed by atoms with Crippen LogP contribution in [0.3, 0.4) is 0 Å². The SMILES string of the molecule is Cc1ccc([C@H]2CC(=O)N(c3ccc(F)cc3F)C3=C2C(=O)CCC3)cc1. The van der Waals surface area contributed by atoms with E-state index in [1.807, 2.05) is 31.2 Å². The summed E-state index contributed by atoms with van der Waals surface area (Å²) in [5, 5.41) is 0. The van der Waals surface area contributed by atoms with Crippen LogP contribution < -0.4 is 4.90 Å². The fourth-order valence-corrected chi connectivity index (χ4v) is 4.02. The van der Waals surface area contributed by atoms with E-state index in [1.54, 1.807) is 0 Å². The first kappa shape index (κ1) is 17.6. The van der Waals surface area contributed by atoms with Gasteiger partial charge < -0.3 is 0 Å². The number of amides is 1. The van der Waals surface area contributed by atoms with Gasteiger partial charge in [0.25, 0.3) is 0 Å². The van der Waals surface area contributed by atoms with Crippen LogP contribution in [0.15, 0.2) is 53.7 Å². The molecule has 2 aromatic carbocycles. The van der Waals surface area contributed by atoms with Crippen LogP contribution in [-0.4, -0.2) is 11.7 Å². The highest BCUT2D eigenvalue weighted by atomic mass is 19.1. The number of carbonyl (C=O) groups excluding carboxylic acids is 2. The van der Waals surface area contributed by atoms with Crippen molar-refractivity contribution in [2.75, 3.05) is 4.90 Å². The van der Waals surface area contributed by atoms with E-state index < -0.39 is 11.6 Å². The Kier molecular flexibility index (Phi) is 4.38. The summed E-state index contributed by atoms with van der Waals surface area (Å²) in [6, 6.07) is 10.9. The quantitative estimate of drug-likeness (QED) is 0.765. The van der Waals surface area contributed by atoms with E-state index in [0.717, 1.165) is 23.3 Å². The maximum atomic E-state index is 14.4. The first-order chi connectivity index (χ1) is 13.0. The summed E-state index contributed by atoms with van der Waals surface area (Å²) < 4.78 is 27.7. The van der Waals surface area contributed by atoms with Crippen LogP contribution in [0.2, 0.25) is 0 Å². The molecule has 1 aliphatic heterocycles. The zero-order valence-corrected chi connectivity index (χ0v) is 15.0. The molecule has 0 unspecified atom stereocenters. The molecular weight excluding hydrogens is 348 g/mol. The summed E-state index contributed by atoms with van der Waals surface area (Å²) in [7, 11) is 0. The Hall–Kier alpha value is -2.82. The predicted molar refractivity (Wildman–Crippen MR) is 98.3 cm³/mol. The van der Waals surface area contributed by atoms with Gasteiger partial charge in [-0.3, -0.25) is 14.5 Å². The van der Waals surface area contributed by atoms with Crippen molar-refractivity contribution in [1.82, 2.24) is 0 Å². The van der Waals surface area contributed by atoms with Gasteiger partial charge >= 0.3 is 0 Å². The van der Waals surface area contributed by atoms with Gasteiger partial charge in [0.2, 0.25) is 5.91 Å². The molecule has 0 radical (unpaired) electrons. The lowest BCUT2D eigenvalue weighted by Gasteiger charge is -2.38. The number of hydrogen-bond donors (Lipinski definition) is 0. The summed E-state index contributed by atoms with van der Waals surface area (Å²) in [5.41, 5.74) is 3.16. The third-order valence-corrected chi connectivity index (χ3v) is 5.31. The van der Waals surface area contributed by atoms with Gasteiger partial charge in [0, 0.05) is 36.1 Å². The molecule has 4 rings (SSSR count). The molecule has 0 spiro atoms. The van der Waals surface area contributed by atoms with Crippen LogP contribution >= 0.6 is 0 Å². The molecule has 138 valence electrons. The van der Waals surface area contributed by atoms with Crippen molar-refractivity contribution in [1.29, 1.82) is 0 Å². The van der Waals surface area contributed by atoms with E-state index in [0.29, 0.717) is 30.5 Å². The van der Waals surface area contributed by atoms with Crippen molar-refractivity contribution in [3.8, 4) is 0 Å². The number of hydrogen-bond acceptors (Lipinski definition) is 2. The average Bonchev–Trinajstić information content (AvgIpc) is 2.63.